The lowest BCUT2D eigenvalue weighted by Crippen LogP contribution is -2.16. The minimum Gasteiger partial charge on any atom is -0.495 e. The second-order valence-electron chi connectivity index (χ2n) is 5.93. The summed E-state index contributed by atoms with van der Waals surface area (Å²) >= 11 is 9.21. The van der Waals surface area contributed by atoms with E-state index in [4.69, 9.17) is 21.1 Å². The van der Waals surface area contributed by atoms with E-state index in [0.717, 1.165) is 26.1 Å². The number of carbonyl (C=O) groups is 1. The average molecular weight is 433 g/mol. The van der Waals surface area contributed by atoms with Crippen molar-refractivity contribution in [1.29, 1.82) is 0 Å². The predicted octanol–water partition coefficient (Wildman–Crippen LogP) is 5.35. The maximum Gasteiger partial charge on any atom is 0.291 e. The number of ether oxygens (including phenoxy) is 2. The van der Waals surface area contributed by atoms with Gasteiger partial charge in [0.1, 0.15) is 26.6 Å². The van der Waals surface area contributed by atoms with Crippen LogP contribution in [-0.4, -0.2) is 24.7 Å². The van der Waals surface area contributed by atoms with Crippen LogP contribution in [0.4, 0.5) is 0 Å². The van der Waals surface area contributed by atoms with Crippen LogP contribution in [-0.2, 0) is 6.54 Å². The largest absolute Gasteiger partial charge is 0.495 e. The summed E-state index contributed by atoms with van der Waals surface area (Å²) < 4.78 is 14.8. The smallest absolute Gasteiger partial charge is 0.291 e. The van der Waals surface area contributed by atoms with E-state index in [1.807, 2.05) is 47.9 Å². The quantitative estimate of drug-likeness (QED) is 0.436. The number of fused-ring (bicyclic) bond motifs is 2. The molecular weight excluding hydrogens is 416 g/mol. The average Bonchev–Trinajstić information content (AvgIpc) is 3.25. The molecule has 0 N–H and O–H groups in total. The molecule has 0 saturated heterocycles. The second-order valence-corrected chi connectivity index (χ2v) is 8.34. The summed E-state index contributed by atoms with van der Waals surface area (Å²) in [6.45, 7) is 2.64. The minimum absolute atomic E-state index is 0.349. The molecule has 0 aliphatic heterocycles. The van der Waals surface area contributed by atoms with Gasteiger partial charge < -0.3 is 14.0 Å². The first-order valence-electron chi connectivity index (χ1n) is 8.59. The number of thiazole rings is 1. The van der Waals surface area contributed by atoms with Crippen molar-refractivity contribution in [3.63, 3.8) is 0 Å². The summed E-state index contributed by atoms with van der Waals surface area (Å²) in [5.74, 6) is 1.08. The first-order chi connectivity index (χ1) is 13.6. The van der Waals surface area contributed by atoms with E-state index >= 15 is 0 Å². The number of aromatic nitrogens is 1. The van der Waals surface area contributed by atoms with E-state index in [1.165, 1.54) is 22.7 Å². The lowest BCUT2D eigenvalue weighted by molar-refractivity contribution is 0.100. The van der Waals surface area contributed by atoms with E-state index in [2.05, 4.69) is 4.99 Å². The van der Waals surface area contributed by atoms with Crippen LogP contribution in [0.5, 0.6) is 11.5 Å². The number of amides is 1. The highest BCUT2D eigenvalue weighted by Gasteiger charge is 2.19. The monoisotopic (exact) mass is 432 g/mol. The van der Waals surface area contributed by atoms with E-state index in [1.54, 1.807) is 14.2 Å². The molecule has 4 rings (SSSR count). The summed E-state index contributed by atoms with van der Waals surface area (Å²) in [4.78, 5) is 18.4. The maximum absolute atomic E-state index is 12.9. The topological polar surface area (TPSA) is 52.8 Å². The Morgan fingerprint density at radius 3 is 2.50 bits per heavy atom. The summed E-state index contributed by atoms with van der Waals surface area (Å²) in [5, 5.41) is 1.32. The van der Waals surface area contributed by atoms with Crippen LogP contribution in [0, 0.1) is 0 Å². The minimum atomic E-state index is -0.349. The zero-order valence-corrected chi connectivity index (χ0v) is 17.9. The van der Waals surface area contributed by atoms with Gasteiger partial charge in [0, 0.05) is 16.6 Å². The number of thiophene rings is 1. The molecule has 0 aliphatic carbocycles. The zero-order chi connectivity index (χ0) is 19.8. The highest BCUT2D eigenvalue weighted by atomic mass is 35.5. The van der Waals surface area contributed by atoms with Gasteiger partial charge in [0.2, 0.25) is 0 Å². The molecule has 0 radical (unpaired) electrons. The number of hydrogen-bond donors (Lipinski definition) is 0. The van der Waals surface area contributed by atoms with Crippen LogP contribution in [0.2, 0.25) is 5.02 Å². The molecule has 0 atom stereocenters. The van der Waals surface area contributed by atoms with Crippen molar-refractivity contribution in [1.82, 2.24) is 4.57 Å². The third kappa shape index (κ3) is 2.99. The van der Waals surface area contributed by atoms with Crippen LogP contribution < -0.4 is 14.3 Å². The number of carbonyl (C=O) groups excluding carboxylic acids is 1. The number of rotatable bonds is 4. The standard InChI is InChI=1S/C20H17ClN2O3S2/c1-4-23-16-12(25-2)9-10-13(26-3)17(16)28-20(23)22-19(24)18-15(21)11-7-5-6-8-14(11)27-18/h5-10H,4H2,1-3H3. The normalized spacial score (nSPS) is 12.1. The van der Waals surface area contributed by atoms with Crippen LogP contribution in [0.3, 0.4) is 0 Å². The summed E-state index contributed by atoms with van der Waals surface area (Å²) in [7, 11) is 3.24. The first-order valence-corrected chi connectivity index (χ1v) is 10.6. The van der Waals surface area contributed by atoms with Crippen molar-refractivity contribution in [2.45, 2.75) is 13.5 Å². The molecule has 2 aromatic heterocycles. The Morgan fingerprint density at radius 2 is 1.82 bits per heavy atom. The first kappa shape index (κ1) is 19.0. The zero-order valence-electron chi connectivity index (χ0n) is 15.5. The molecule has 1 amide bonds. The van der Waals surface area contributed by atoms with Crippen molar-refractivity contribution in [3.05, 3.63) is 51.1 Å². The molecule has 144 valence electrons. The van der Waals surface area contributed by atoms with Crippen LogP contribution in [0.15, 0.2) is 41.4 Å². The molecule has 28 heavy (non-hydrogen) atoms. The highest BCUT2D eigenvalue weighted by molar-refractivity contribution is 7.21. The van der Waals surface area contributed by atoms with Gasteiger partial charge in [-0.15, -0.1) is 11.3 Å². The van der Waals surface area contributed by atoms with Gasteiger partial charge in [-0.25, -0.2) is 0 Å². The van der Waals surface area contributed by atoms with Crippen molar-refractivity contribution in [3.8, 4) is 11.5 Å². The third-order valence-electron chi connectivity index (χ3n) is 4.43. The Bertz CT molecular complexity index is 1270. The fraction of sp³-hybridized carbons (Fsp3) is 0.200. The summed E-state index contributed by atoms with van der Waals surface area (Å²) in [5.41, 5.74) is 0.864. The Kier molecular flexibility index (Phi) is 5.14. The Morgan fingerprint density at radius 1 is 1.11 bits per heavy atom. The van der Waals surface area contributed by atoms with Gasteiger partial charge >= 0.3 is 0 Å². The van der Waals surface area contributed by atoms with Gasteiger partial charge in [-0.05, 0) is 25.1 Å². The highest BCUT2D eigenvalue weighted by Crippen LogP contribution is 2.37. The number of benzene rings is 2. The predicted molar refractivity (Wildman–Crippen MR) is 115 cm³/mol. The van der Waals surface area contributed by atoms with E-state index in [9.17, 15) is 4.79 Å². The van der Waals surface area contributed by atoms with Crippen molar-refractivity contribution < 1.29 is 14.3 Å². The second kappa shape index (κ2) is 7.58. The Hall–Kier alpha value is -2.35. The molecule has 4 aromatic rings. The Labute approximate surface area is 174 Å². The fourth-order valence-electron chi connectivity index (χ4n) is 3.12. The van der Waals surface area contributed by atoms with Gasteiger partial charge in [-0.2, -0.15) is 4.99 Å². The van der Waals surface area contributed by atoms with Gasteiger partial charge in [0.15, 0.2) is 4.80 Å². The molecule has 0 unspecified atom stereocenters. The molecule has 2 heterocycles. The SMILES string of the molecule is CCn1c(=NC(=O)c2sc3ccccc3c2Cl)sc2c(OC)ccc(OC)c21. The lowest BCUT2D eigenvalue weighted by Gasteiger charge is -2.08. The van der Waals surface area contributed by atoms with Gasteiger partial charge in [-0.3, -0.25) is 4.79 Å². The number of aryl methyl sites for hydroxylation is 1. The third-order valence-corrected chi connectivity index (χ3v) is 7.19. The molecule has 0 spiro atoms. The van der Waals surface area contributed by atoms with Gasteiger partial charge in [-0.1, -0.05) is 41.1 Å². The molecular formula is C20H17ClN2O3S2. The van der Waals surface area contributed by atoms with E-state index in [0.29, 0.717) is 27.0 Å². The van der Waals surface area contributed by atoms with Crippen LogP contribution in [0.25, 0.3) is 20.3 Å². The molecule has 0 fully saturated rings. The molecule has 0 bridgehead atoms. The molecule has 8 heteroatoms. The molecule has 5 nitrogen and oxygen atoms in total. The van der Waals surface area contributed by atoms with Crippen molar-refractivity contribution in [2.75, 3.05) is 14.2 Å². The fourth-order valence-corrected chi connectivity index (χ4v) is 5.72. The van der Waals surface area contributed by atoms with Crippen LogP contribution >= 0.6 is 34.3 Å². The summed E-state index contributed by atoms with van der Waals surface area (Å²) in [6, 6.07) is 11.4. The van der Waals surface area contributed by atoms with Crippen molar-refractivity contribution >= 4 is 60.5 Å². The van der Waals surface area contributed by atoms with E-state index in [-0.39, 0.29) is 5.91 Å². The molecule has 0 saturated carbocycles. The maximum atomic E-state index is 12.9. The van der Waals surface area contributed by atoms with Gasteiger partial charge in [0.05, 0.1) is 19.2 Å². The van der Waals surface area contributed by atoms with E-state index < -0.39 is 0 Å². The van der Waals surface area contributed by atoms with Crippen molar-refractivity contribution in [2.24, 2.45) is 4.99 Å². The van der Waals surface area contributed by atoms with Gasteiger partial charge in [0.25, 0.3) is 5.91 Å². The number of halogens is 1. The number of methoxy groups -OCH3 is 2. The molecule has 0 aliphatic rings. The number of nitrogens with zero attached hydrogens (tertiary/aromatic N) is 2. The number of hydrogen-bond acceptors (Lipinski definition) is 5. The summed E-state index contributed by atoms with van der Waals surface area (Å²) in [6.07, 6.45) is 0. The lowest BCUT2D eigenvalue weighted by atomic mass is 10.2. The Balaban J connectivity index is 1.93. The van der Waals surface area contributed by atoms with Crippen LogP contribution in [0.1, 0.15) is 16.6 Å². The molecule has 2 aromatic carbocycles.